The van der Waals surface area contributed by atoms with Gasteiger partial charge in [-0.2, -0.15) is 0 Å². The number of amides is 1. The molecule has 4 N–H and O–H groups in total. The van der Waals surface area contributed by atoms with Gasteiger partial charge >= 0.3 is 0 Å². The molecule has 1 amide bonds. The van der Waals surface area contributed by atoms with Gasteiger partial charge in [-0.3, -0.25) is 4.79 Å². The van der Waals surface area contributed by atoms with Crippen LogP contribution in [0.1, 0.15) is 17.4 Å². The van der Waals surface area contributed by atoms with Gasteiger partial charge in [-0.15, -0.1) is 0 Å². The molecule has 3 rings (SSSR count). The maximum Gasteiger partial charge on any atom is 0.232 e. The summed E-state index contributed by atoms with van der Waals surface area (Å²) in [5.41, 5.74) is 13.8. The number of aromatic nitrogens is 2. The third-order valence-electron chi connectivity index (χ3n) is 3.39. The standard InChI is InChI=1S/C14H12Cl2N4OS/c1-5-19-11(6-2-3-7(15)8(16)4-6)9-10(17)12(13(18)21)22-14(9)20-5/h2-4,10,12H,17H2,1H3,(H2,18,21). The number of rotatable bonds is 2. The smallest absolute Gasteiger partial charge is 0.232 e. The first-order valence-electron chi connectivity index (χ1n) is 6.44. The van der Waals surface area contributed by atoms with Crippen molar-refractivity contribution in [2.24, 2.45) is 11.5 Å². The minimum absolute atomic E-state index is 0.426. The van der Waals surface area contributed by atoms with E-state index in [-0.39, 0.29) is 0 Å². The Hall–Kier alpha value is -1.34. The molecular formula is C14H12Cl2N4OS. The molecule has 0 fully saturated rings. The van der Waals surface area contributed by atoms with Gasteiger partial charge in [0.05, 0.1) is 21.8 Å². The Morgan fingerprint density at radius 2 is 2.00 bits per heavy atom. The average molecular weight is 355 g/mol. The normalized spacial score (nSPS) is 20.0. The van der Waals surface area contributed by atoms with Gasteiger partial charge in [-0.05, 0) is 19.1 Å². The highest BCUT2D eigenvalue weighted by Gasteiger charge is 2.38. The third kappa shape index (κ3) is 2.56. The van der Waals surface area contributed by atoms with Gasteiger partial charge in [-0.1, -0.05) is 41.0 Å². The molecule has 22 heavy (non-hydrogen) atoms. The molecule has 2 aromatic rings. The van der Waals surface area contributed by atoms with E-state index in [0.29, 0.717) is 26.6 Å². The molecule has 2 unspecified atom stereocenters. The molecule has 0 spiro atoms. The number of primary amides is 1. The first-order chi connectivity index (χ1) is 10.4. The number of thioether (sulfide) groups is 1. The zero-order valence-corrected chi connectivity index (χ0v) is 13.8. The maximum atomic E-state index is 11.5. The average Bonchev–Trinajstić information content (AvgIpc) is 2.78. The molecule has 0 radical (unpaired) electrons. The fourth-order valence-corrected chi connectivity index (χ4v) is 3.87. The van der Waals surface area contributed by atoms with E-state index in [1.807, 2.05) is 6.07 Å². The summed E-state index contributed by atoms with van der Waals surface area (Å²) in [6.45, 7) is 1.78. The van der Waals surface area contributed by atoms with Crippen LogP contribution in [0.3, 0.4) is 0 Å². The van der Waals surface area contributed by atoms with Gasteiger partial charge < -0.3 is 11.5 Å². The fraction of sp³-hybridized carbons (Fsp3) is 0.214. The molecular weight excluding hydrogens is 343 g/mol. The van der Waals surface area contributed by atoms with Crippen LogP contribution in [-0.2, 0) is 4.79 Å². The number of halogens is 2. The molecule has 1 aliphatic heterocycles. The minimum atomic E-state index is -0.553. The Morgan fingerprint density at radius 3 is 2.64 bits per heavy atom. The second-order valence-electron chi connectivity index (χ2n) is 4.93. The highest BCUT2D eigenvalue weighted by molar-refractivity contribution is 8.01. The van der Waals surface area contributed by atoms with E-state index >= 15 is 0 Å². The van der Waals surface area contributed by atoms with Crippen LogP contribution in [0, 0.1) is 6.92 Å². The summed E-state index contributed by atoms with van der Waals surface area (Å²) in [6, 6.07) is 4.68. The number of benzene rings is 1. The Balaban J connectivity index is 2.18. The first kappa shape index (κ1) is 15.6. The topological polar surface area (TPSA) is 94.9 Å². The van der Waals surface area contributed by atoms with Crippen LogP contribution < -0.4 is 11.5 Å². The van der Waals surface area contributed by atoms with Gasteiger partial charge in [0.15, 0.2) is 0 Å². The van der Waals surface area contributed by atoms with Crippen molar-refractivity contribution in [1.29, 1.82) is 0 Å². The van der Waals surface area contributed by atoms with Crippen molar-refractivity contribution in [1.82, 2.24) is 9.97 Å². The van der Waals surface area contributed by atoms with Crippen molar-refractivity contribution in [3.63, 3.8) is 0 Å². The van der Waals surface area contributed by atoms with Crippen LogP contribution in [0.4, 0.5) is 0 Å². The molecule has 0 bridgehead atoms. The molecule has 1 aromatic carbocycles. The van der Waals surface area contributed by atoms with E-state index in [0.717, 1.165) is 11.1 Å². The van der Waals surface area contributed by atoms with Crippen molar-refractivity contribution in [2.75, 3.05) is 0 Å². The number of nitrogens with zero attached hydrogens (tertiary/aromatic N) is 2. The summed E-state index contributed by atoms with van der Waals surface area (Å²) in [4.78, 5) is 20.4. The monoisotopic (exact) mass is 354 g/mol. The van der Waals surface area contributed by atoms with E-state index in [4.69, 9.17) is 34.7 Å². The van der Waals surface area contributed by atoms with Crippen molar-refractivity contribution in [3.05, 3.63) is 39.6 Å². The van der Waals surface area contributed by atoms with E-state index in [2.05, 4.69) is 9.97 Å². The summed E-state index contributed by atoms with van der Waals surface area (Å²) in [5, 5.41) is 1.02. The zero-order valence-electron chi connectivity index (χ0n) is 11.5. The molecule has 2 atom stereocenters. The molecule has 1 aromatic heterocycles. The number of hydrogen-bond donors (Lipinski definition) is 2. The van der Waals surface area contributed by atoms with E-state index < -0.39 is 17.2 Å². The molecule has 0 aliphatic carbocycles. The first-order valence-corrected chi connectivity index (χ1v) is 8.07. The molecule has 1 aliphatic rings. The van der Waals surface area contributed by atoms with E-state index in [9.17, 15) is 4.79 Å². The largest absolute Gasteiger partial charge is 0.369 e. The lowest BCUT2D eigenvalue weighted by Crippen LogP contribution is -2.33. The summed E-state index contributed by atoms with van der Waals surface area (Å²) < 4.78 is 0. The summed E-state index contributed by atoms with van der Waals surface area (Å²) in [7, 11) is 0. The highest BCUT2D eigenvalue weighted by atomic mass is 35.5. The lowest BCUT2D eigenvalue weighted by atomic mass is 9.99. The number of nitrogens with two attached hydrogens (primary N) is 2. The van der Waals surface area contributed by atoms with Crippen LogP contribution in [0.15, 0.2) is 23.2 Å². The SMILES string of the molecule is Cc1nc2c(c(-c3ccc(Cl)c(Cl)c3)n1)C(N)C(C(N)=O)S2. The summed E-state index contributed by atoms with van der Waals surface area (Å²) in [5.74, 6) is 0.123. The predicted molar refractivity (Wildman–Crippen MR) is 88.0 cm³/mol. The number of carbonyl (C=O) groups is 1. The molecule has 114 valence electrons. The van der Waals surface area contributed by atoms with Crippen LogP contribution in [0.2, 0.25) is 10.0 Å². The molecule has 8 heteroatoms. The van der Waals surface area contributed by atoms with Crippen molar-refractivity contribution >= 4 is 40.9 Å². The Kier molecular flexibility index (Phi) is 4.03. The van der Waals surface area contributed by atoms with Crippen LogP contribution in [-0.4, -0.2) is 21.1 Å². The Morgan fingerprint density at radius 1 is 1.27 bits per heavy atom. The van der Waals surface area contributed by atoms with Crippen molar-refractivity contribution in [2.45, 2.75) is 23.2 Å². The molecule has 0 saturated heterocycles. The Labute approximate surface area is 141 Å². The minimum Gasteiger partial charge on any atom is -0.369 e. The number of fused-ring (bicyclic) bond motifs is 1. The number of hydrogen-bond acceptors (Lipinski definition) is 5. The summed E-state index contributed by atoms with van der Waals surface area (Å²) >= 11 is 13.3. The zero-order chi connectivity index (χ0) is 16.0. The van der Waals surface area contributed by atoms with Gasteiger partial charge in [-0.25, -0.2) is 9.97 Å². The Bertz CT molecular complexity index is 784. The third-order valence-corrected chi connectivity index (χ3v) is 5.45. The quantitative estimate of drug-likeness (QED) is 0.808. The van der Waals surface area contributed by atoms with Crippen LogP contribution >= 0.6 is 35.0 Å². The maximum absolute atomic E-state index is 11.5. The number of aryl methyl sites for hydroxylation is 1. The summed E-state index contributed by atoms with van der Waals surface area (Å²) in [6.07, 6.45) is 0. The lowest BCUT2D eigenvalue weighted by Gasteiger charge is -2.14. The second-order valence-corrected chi connectivity index (χ2v) is 6.88. The molecule has 0 saturated carbocycles. The van der Waals surface area contributed by atoms with E-state index in [1.54, 1.807) is 19.1 Å². The van der Waals surface area contributed by atoms with Crippen molar-refractivity contribution < 1.29 is 4.79 Å². The van der Waals surface area contributed by atoms with Gasteiger partial charge in [0, 0.05) is 11.1 Å². The molecule has 2 heterocycles. The van der Waals surface area contributed by atoms with Gasteiger partial charge in [0.2, 0.25) is 5.91 Å². The fourth-order valence-electron chi connectivity index (χ4n) is 2.39. The van der Waals surface area contributed by atoms with Gasteiger partial charge in [0.1, 0.15) is 16.1 Å². The van der Waals surface area contributed by atoms with E-state index in [1.165, 1.54) is 11.8 Å². The predicted octanol–water partition coefficient (Wildman–Crippen LogP) is 2.72. The molecule has 5 nitrogen and oxygen atoms in total. The second kappa shape index (κ2) is 5.70. The number of carbonyl (C=O) groups excluding carboxylic acids is 1. The highest BCUT2D eigenvalue weighted by Crippen LogP contribution is 2.45. The lowest BCUT2D eigenvalue weighted by molar-refractivity contribution is -0.117. The van der Waals surface area contributed by atoms with Crippen LogP contribution in [0.25, 0.3) is 11.3 Å². The van der Waals surface area contributed by atoms with Crippen LogP contribution in [0.5, 0.6) is 0 Å². The van der Waals surface area contributed by atoms with Crippen molar-refractivity contribution in [3.8, 4) is 11.3 Å². The van der Waals surface area contributed by atoms with Gasteiger partial charge in [0.25, 0.3) is 0 Å².